The predicted molar refractivity (Wildman–Crippen MR) is 216 cm³/mol. The van der Waals surface area contributed by atoms with Crippen molar-refractivity contribution in [1.82, 2.24) is 30.0 Å². The van der Waals surface area contributed by atoms with Gasteiger partial charge in [-0.1, -0.05) is 28.1 Å². The SMILES string of the molecule is COc1cc2c(N[C@H](C)c3cccc(Br)c3)nc(C)nc2cc1OCCCCN1CCN(C(=O)CNc2cc(F)cc3c2CN(C2CCC(=O)NC2=O)C3=O)CC1. The molecule has 0 saturated carbocycles. The lowest BCUT2D eigenvalue weighted by molar-refractivity contribution is -0.137. The number of benzene rings is 3. The molecule has 2 fully saturated rings. The first kappa shape index (κ1) is 39.9. The molecule has 4 heterocycles. The molecule has 0 radical (unpaired) electrons. The van der Waals surface area contributed by atoms with Gasteiger partial charge in [-0.05, 0) is 75.5 Å². The van der Waals surface area contributed by atoms with E-state index in [-0.39, 0.29) is 49.4 Å². The summed E-state index contributed by atoms with van der Waals surface area (Å²) in [6.45, 7) is 7.93. The standard InChI is InChI=1S/C41H46BrFN8O6/c1-24(26-7-6-8-27(42)17-26)45-39-30-20-35(56-3)36(21-33(30)46-25(2)47-39)57-16-5-4-11-49-12-14-50(15-13-49)38(53)22-44-32-19-28(43)18-29-31(32)23-51(41(29)55)34-9-10-37(52)48-40(34)54/h6-8,17-21,24,34,44H,4-5,9-16,22-23H2,1-3H3,(H,45,46,47)(H,48,52,54)/t24-,34?/m1/s1. The highest BCUT2D eigenvalue weighted by molar-refractivity contribution is 9.10. The Morgan fingerprint density at radius 3 is 2.61 bits per heavy atom. The van der Waals surface area contributed by atoms with Gasteiger partial charge in [0.1, 0.15) is 23.5 Å². The first-order valence-corrected chi connectivity index (χ1v) is 20.0. The Hall–Kier alpha value is -5.35. The van der Waals surface area contributed by atoms with E-state index in [1.165, 1.54) is 11.0 Å². The average Bonchev–Trinajstić information content (AvgIpc) is 3.51. The minimum atomic E-state index is -0.813. The van der Waals surface area contributed by atoms with Gasteiger partial charge < -0.3 is 29.9 Å². The summed E-state index contributed by atoms with van der Waals surface area (Å²) in [6.07, 6.45) is 2.06. The second-order valence-electron chi connectivity index (χ2n) is 14.6. The lowest BCUT2D eigenvalue weighted by Gasteiger charge is -2.35. The van der Waals surface area contributed by atoms with E-state index in [1.54, 1.807) is 12.0 Å². The molecule has 57 heavy (non-hydrogen) atoms. The van der Waals surface area contributed by atoms with Crippen LogP contribution in [0.25, 0.3) is 10.9 Å². The van der Waals surface area contributed by atoms with Gasteiger partial charge in [-0.25, -0.2) is 14.4 Å². The average molecular weight is 846 g/mol. The Bertz CT molecular complexity index is 2200. The second kappa shape index (κ2) is 17.4. The van der Waals surface area contributed by atoms with Gasteiger partial charge in [0, 0.05) is 71.9 Å². The molecule has 4 amide bonds. The minimum absolute atomic E-state index is 0.00680. The molecule has 3 aliphatic heterocycles. The largest absolute Gasteiger partial charge is 0.493 e. The molecular weight excluding hydrogens is 799 g/mol. The van der Waals surface area contributed by atoms with E-state index in [2.05, 4.69) is 60.8 Å². The number of nitrogens with zero attached hydrogens (tertiary/aromatic N) is 5. The van der Waals surface area contributed by atoms with Crippen molar-refractivity contribution in [3.05, 3.63) is 81.3 Å². The molecule has 1 aromatic heterocycles. The number of methoxy groups -OCH3 is 1. The molecular formula is C41H46BrFN8O6. The maximum absolute atomic E-state index is 14.6. The topological polar surface area (TPSA) is 158 Å². The van der Waals surface area contributed by atoms with E-state index in [1.807, 2.05) is 31.2 Å². The highest BCUT2D eigenvalue weighted by Gasteiger charge is 2.40. The molecule has 14 nitrogen and oxygen atoms in total. The number of piperazine rings is 1. The summed E-state index contributed by atoms with van der Waals surface area (Å²) in [6, 6.07) is 13.6. The number of aryl methyl sites for hydroxylation is 1. The van der Waals surface area contributed by atoms with Gasteiger partial charge >= 0.3 is 0 Å². The van der Waals surface area contributed by atoms with Crippen LogP contribution in [0.15, 0.2) is 53.0 Å². The quantitative estimate of drug-likeness (QED) is 0.113. The Kier molecular flexibility index (Phi) is 12.2. The zero-order chi connectivity index (χ0) is 40.2. The number of rotatable bonds is 14. The Morgan fingerprint density at radius 1 is 1.05 bits per heavy atom. The van der Waals surface area contributed by atoms with Crippen LogP contribution in [-0.4, -0.2) is 107 Å². The highest BCUT2D eigenvalue weighted by atomic mass is 79.9. The van der Waals surface area contributed by atoms with Crippen molar-refractivity contribution in [3.8, 4) is 11.5 Å². The summed E-state index contributed by atoms with van der Waals surface area (Å²) >= 11 is 3.55. The third kappa shape index (κ3) is 9.12. The summed E-state index contributed by atoms with van der Waals surface area (Å²) in [5.41, 5.74) is 2.91. The van der Waals surface area contributed by atoms with Gasteiger partial charge in [-0.2, -0.15) is 0 Å². The van der Waals surface area contributed by atoms with Gasteiger partial charge in [-0.3, -0.25) is 29.4 Å². The Labute approximate surface area is 338 Å². The lowest BCUT2D eigenvalue weighted by Crippen LogP contribution is -2.52. The van der Waals surface area contributed by atoms with Crippen LogP contribution in [0.5, 0.6) is 11.5 Å². The number of anilines is 2. The predicted octanol–water partition coefficient (Wildman–Crippen LogP) is 5.20. The number of unbranched alkanes of at least 4 members (excludes halogenated alkanes) is 1. The number of nitrogens with one attached hydrogen (secondary N) is 3. The van der Waals surface area contributed by atoms with Crippen LogP contribution in [0.1, 0.15) is 66.0 Å². The van der Waals surface area contributed by atoms with E-state index >= 15 is 0 Å². The van der Waals surface area contributed by atoms with Crippen LogP contribution in [-0.2, 0) is 20.9 Å². The summed E-state index contributed by atoms with van der Waals surface area (Å²) in [7, 11) is 1.62. The number of hydrogen-bond donors (Lipinski definition) is 3. The van der Waals surface area contributed by atoms with Gasteiger partial charge in [0.15, 0.2) is 11.5 Å². The van der Waals surface area contributed by atoms with Crippen LogP contribution in [0.3, 0.4) is 0 Å². The number of fused-ring (bicyclic) bond motifs is 2. The van der Waals surface area contributed by atoms with Crippen LogP contribution < -0.4 is 25.4 Å². The molecule has 2 atom stereocenters. The number of aromatic nitrogens is 2. The maximum atomic E-state index is 14.6. The summed E-state index contributed by atoms with van der Waals surface area (Å²) in [4.78, 5) is 65.2. The summed E-state index contributed by atoms with van der Waals surface area (Å²) < 4.78 is 27.5. The Morgan fingerprint density at radius 2 is 1.86 bits per heavy atom. The fraction of sp³-hybridized carbons (Fsp3) is 0.415. The number of halogens is 2. The number of ether oxygens (including phenoxy) is 2. The Balaban J connectivity index is 0.862. The first-order chi connectivity index (χ1) is 27.5. The molecule has 0 bridgehead atoms. The van der Waals surface area contributed by atoms with Crippen molar-refractivity contribution in [2.75, 3.05) is 63.6 Å². The monoisotopic (exact) mass is 844 g/mol. The fourth-order valence-electron chi connectivity index (χ4n) is 7.61. The van der Waals surface area contributed by atoms with Crippen LogP contribution >= 0.6 is 15.9 Å². The van der Waals surface area contributed by atoms with Gasteiger partial charge in [0.05, 0.1) is 31.8 Å². The minimum Gasteiger partial charge on any atom is -0.493 e. The molecule has 2 saturated heterocycles. The number of carbonyl (C=O) groups is 4. The van der Waals surface area contributed by atoms with E-state index in [9.17, 15) is 23.6 Å². The molecule has 0 spiro atoms. The van der Waals surface area contributed by atoms with Crippen LogP contribution in [0.2, 0.25) is 0 Å². The van der Waals surface area contributed by atoms with Crippen LogP contribution in [0, 0.1) is 12.7 Å². The van der Waals surface area contributed by atoms with Crippen LogP contribution in [0.4, 0.5) is 15.9 Å². The first-order valence-electron chi connectivity index (χ1n) is 19.2. The summed E-state index contributed by atoms with van der Waals surface area (Å²) in [5.74, 6) is 0.460. The van der Waals surface area contributed by atoms with Crippen molar-refractivity contribution in [2.45, 2.75) is 58.2 Å². The molecule has 7 rings (SSSR count). The normalized spacial score (nSPS) is 17.7. The second-order valence-corrected chi connectivity index (χ2v) is 15.5. The van der Waals surface area contributed by atoms with Gasteiger partial charge in [0.25, 0.3) is 5.91 Å². The fourth-order valence-corrected chi connectivity index (χ4v) is 8.02. The molecule has 4 aromatic rings. The highest BCUT2D eigenvalue weighted by Crippen LogP contribution is 2.36. The van der Waals surface area contributed by atoms with E-state index in [0.29, 0.717) is 48.3 Å². The van der Waals surface area contributed by atoms with Crippen molar-refractivity contribution in [1.29, 1.82) is 0 Å². The van der Waals surface area contributed by atoms with Crippen molar-refractivity contribution >= 4 is 62.0 Å². The summed E-state index contributed by atoms with van der Waals surface area (Å²) in [5, 5.41) is 9.69. The zero-order valence-corrected chi connectivity index (χ0v) is 33.8. The molecule has 1 unspecified atom stereocenters. The van der Waals surface area contributed by atoms with Crippen molar-refractivity contribution < 1.29 is 33.0 Å². The van der Waals surface area contributed by atoms with Crippen molar-refractivity contribution in [2.24, 2.45) is 0 Å². The molecule has 3 aliphatic rings. The zero-order valence-electron chi connectivity index (χ0n) is 32.2. The molecule has 300 valence electrons. The van der Waals surface area contributed by atoms with E-state index in [4.69, 9.17) is 14.5 Å². The molecule has 3 N–H and O–H groups in total. The number of amides is 4. The number of carbonyl (C=O) groups excluding carboxylic acids is 4. The molecule has 3 aromatic carbocycles. The molecule has 16 heteroatoms. The smallest absolute Gasteiger partial charge is 0.255 e. The lowest BCUT2D eigenvalue weighted by atomic mass is 10.0. The number of hydrogen-bond acceptors (Lipinski definition) is 11. The van der Waals surface area contributed by atoms with E-state index in [0.717, 1.165) is 65.3 Å². The van der Waals surface area contributed by atoms with Crippen molar-refractivity contribution in [3.63, 3.8) is 0 Å². The molecule has 0 aliphatic carbocycles. The van der Waals surface area contributed by atoms with Gasteiger partial charge in [-0.15, -0.1) is 0 Å². The number of piperidine rings is 1. The third-order valence-electron chi connectivity index (χ3n) is 10.7. The third-order valence-corrected chi connectivity index (χ3v) is 11.2. The number of imide groups is 1. The van der Waals surface area contributed by atoms with Gasteiger partial charge in [0.2, 0.25) is 17.7 Å². The van der Waals surface area contributed by atoms with E-state index < -0.39 is 23.7 Å². The maximum Gasteiger partial charge on any atom is 0.255 e.